The van der Waals surface area contributed by atoms with Crippen LogP contribution in [0.1, 0.15) is 25.3 Å². The van der Waals surface area contributed by atoms with E-state index in [2.05, 4.69) is 56.3 Å². The molecule has 4 aromatic rings. The molecule has 0 aliphatic heterocycles. The van der Waals surface area contributed by atoms with Crippen LogP contribution in [-0.2, 0) is 0 Å². The van der Waals surface area contributed by atoms with Crippen molar-refractivity contribution in [2.24, 2.45) is 0 Å². The van der Waals surface area contributed by atoms with E-state index in [-0.39, 0.29) is 0 Å². The molecule has 0 spiro atoms. The van der Waals surface area contributed by atoms with Gasteiger partial charge in [-0.05, 0) is 28.8 Å². The third-order valence-electron chi connectivity index (χ3n) is 4.01. The fourth-order valence-corrected chi connectivity index (χ4v) is 3.13. The van der Waals surface area contributed by atoms with Crippen LogP contribution in [-0.4, -0.2) is 0 Å². The second-order valence-electron chi connectivity index (χ2n) is 5.64. The summed E-state index contributed by atoms with van der Waals surface area (Å²) in [7, 11) is 0. The van der Waals surface area contributed by atoms with Crippen molar-refractivity contribution in [1.82, 2.24) is 0 Å². The zero-order chi connectivity index (χ0) is 13.7. The van der Waals surface area contributed by atoms with Crippen LogP contribution in [0.4, 0.5) is 0 Å². The fraction of sp³-hybridized carbons (Fsp3) is 0.158. The van der Waals surface area contributed by atoms with Crippen molar-refractivity contribution in [2.45, 2.75) is 19.8 Å². The highest BCUT2D eigenvalue weighted by atomic mass is 16.3. The molecule has 20 heavy (non-hydrogen) atoms. The summed E-state index contributed by atoms with van der Waals surface area (Å²) in [5.41, 5.74) is 3.33. The van der Waals surface area contributed by atoms with E-state index in [0.717, 1.165) is 11.2 Å². The van der Waals surface area contributed by atoms with Crippen LogP contribution in [0.2, 0.25) is 0 Å². The molecule has 4 rings (SSSR count). The first kappa shape index (κ1) is 11.5. The highest BCUT2D eigenvalue weighted by molar-refractivity contribution is 6.12. The Morgan fingerprint density at radius 1 is 0.800 bits per heavy atom. The number of hydrogen-bond donors (Lipinski definition) is 0. The first-order valence-electron chi connectivity index (χ1n) is 7.08. The van der Waals surface area contributed by atoms with E-state index in [4.69, 9.17) is 4.42 Å². The smallest absolute Gasteiger partial charge is 0.139 e. The molecule has 3 aromatic carbocycles. The molecule has 0 atom stereocenters. The Morgan fingerprint density at radius 2 is 1.50 bits per heavy atom. The van der Waals surface area contributed by atoms with Crippen molar-refractivity contribution in [1.29, 1.82) is 0 Å². The standard InChI is InChI=1S/C19H16O/c1-12(2)18-14-8-4-3-7-13(14)11-16-15-9-5-6-10-17(15)20-19(16)18/h3-12H,1-2H3. The Morgan fingerprint density at radius 3 is 2.30 bits per heavy atom. The predicted octanol–water partition coefficient (Wildman–Crippen LogP) is 5.86. The van der Waals surface area contributed by atoms with Crippen molar-refractivity contribution in [3.05, 3.63) is 60.2 Å². The van der Waals surface area contributed by atoms with Gasteiger partial charge in [-0.3, -0.25) is 0 Å². The van der Waals surface area contributed by atoms with Gasteiger partial charge in [-0.2, -0.15) is 0 Å². The van der Waals surface area contributed by atoms with E-state index in [0.29, 0.717) is 5.92 Å². The molecule has 1 heteroatoms. The molecule has 0 amide bonds. The summed E-state index contributed by atoms with van der Waals surface area (Å²) in [5, 5.41) is 5.02. The lowest BCUT2D eigenvalue weighted by Crippen LogP contribution is -1.90. The zero-order valence-corrected chi connectivity index (χ0v) is 11.7. The van der Waals surface area contributed by atoms with Gasteiger partial charge in [-0.25, -0.2) is 0 Å². The molecule has 0 aliphatic rings. The Labute approximate surface area is 117 Å². The molecular formula is C19H16O. The van der Waals surface area contributed by atoms with Crippen molar-refractivity contribution in [3.63, 3.8) is 0 Å². The molecule has 0 aliphatic carbocycles. The Kier molecular flexibility index (Phi) is 2.37. The second kappa shape index (κ2) is 4.11. The SMILES string of the molecule is CC(C)c1c2ccccc2cc2c1oc1ccccc12. The van der Waals surface area contributed by atoms with E-state index in [1.165, 1.54) is 27.1 Å². The van der Waals surface area contributed by atoms with Crippen LogP contribution < -0.4 is 0 Å². The number of fused-ring (bicyclic) bond motifs is 4. The Hall–Kier alpha value is -2.28. The van der Waals surface area contributed by atoms with Crippen LogP contribution in [0.5, 0.6) is 0 Å². The fourth-order valence-electron chi connectivity index (χ4n) is 3.13. The summed E-state index contributed by atoms with van der Waals surface area (Å²) in [6.45, 7) is 4.46. The molecule has 98 valence electrons. The molecule has 1 aromatic heterocycles. The summed E-state index contributed by atoms with van der Waals surface area (Å²) < 4.78 is 6.15. The van der Waals surface area contributed by atoms with E-state index in [9.17, 15) is 0 Å². The monoisotopic (exact) mass is 260 g/mol. The molecule has 0 fully saturated rings. The normalized spacial score (nSPS) is 11.9. The maximum Gasteiger partial charge on any atom is 0.139 e. The molecule has 0 radical (unpaired) electrons. The number of para-hydroxylation sites is 1. The minimum Gasteiger partial charge on any atom is -0.456 e. The second-order valence-corrected chi connectivity index (χ2v) is 5.64. The summed E-state index contributed by atoms with van der Waals surface area (Å²) in [6.07, 6.45) is 0. The number of hydrogen-bond acceptors (Lipinski definition) is 1. The third-order valence-corrected chi connectivity index (χ3v) is 4.01. The predicted molar refractivity (Wildman–Crippen MR) is 85.3 cm³/mol. The lowest BCUT2D eigenvalue weighted by Gasteiger charge is -2.10. The summed E-state index contributed by atoms with van der Waals surface area (Å²) >= 11 is 0. The summed E-state index contributed by atoms with van der Waals surface area (Å²) in [5.74, 6) is 0.434. The van der Waals surface area contributed by atoms with Gasteiger partial charge >= 0.3 is 0 Å². The Balaban J connectivity index is 2.31. The third kappa shape index (κ3) is 1.50. The maximum atomic E-state index is 6.15. The van der Waals surface area contributed by atoms with Crippen LogP contribution >= 0.6 is 0 Å². The summed E-state index contributed by atoms with van der Waals surface area (Å²) in [6, 6.07) is 19.1. The molecule has 0 saturated carbocycles. The number of furan rings is 1. The highest BCUT2D eigenvalue weighted by Crippen LogP contribution is 2.38. The van der Waals surface area contributed by atoms with Crippen LogP contribution in [0.15, 0.2) is 59.0 Å². The van der Waals surface area contributed by atoms with Crippen LogP contribution in [0.25, 0.3) is 32.7 Å². The van der Waals surface area contributed by atoms with Gasteiger partial charge in [0.1, 0.15) is 11.2 Å². The van der Waals surface area contributed by atoms with Gasteiger partial charge in [0.25, 0.3) is 0 Å². The molecule has 0 saturated heterocycles. The van der Waals surface area contributed by atoms with Crippen molar-refractivity contribution in [2.75, 3.05) is 0 Å². The molecule has 0 bridgehead atoms. The molecule has 1 heterocycles. The Bertz CT molecular complexity index is 928. The molecular weight excluding hydrogens is 244 g/mol. The van der Waals surface area contributed by atoms with Gasteiger partial charge in [-0.1, -0.05) is 56.3 Å². The molecule has 1 nitrogen and oxygen atoms in total. The quantitative estimate of drug-likeness (QED) is 0.417. The maximum absolute atomic E-state index is 6.15. The first-order chi connectivity index (χ1) is 9.75. The van der Waals surface area contributed by atoms with Crippen LogP contribution in [0, 0.1) is 0 Å². The largest absolute Gasteiger partial charge is 0.456 e. The lowest BCUT2D eigenvalue weighted by atomic mass is 9.93. The number of rotatable bonds is 1. The van der Waals surface area contributed by atoms with Gasteiger partial charge in [0, 0.05) is 16.3 Å². The molecule has 0 N–H and O–H groups in total. The van der Waals surface area contributed by atoms with Gasteiger partial charge in [0.2, 0.25) is 0 Å². The van der Waals surface area contributed by atoms with E-state index < -0.39 is 0 Å². The van der Waals surface area contributed by atoms with Gasteiger partial charge in [0.15, 0.2) is 0 Å². The van der Waals surface area contributed by atoms with Gasteiger partial charge < -0.3 is 4.42 Å². The average molecular weight is 260 g/mol. The first-order valence-corrected chi connectivity index (χ1v) is 7.08. The van der Waals surface area contributed by atoms with Gasteiger partial charge in [0.05, 0.1) is 0 Å². The zero-order valence-electron chi connectivity index (χ0n) is 11.7. The minimum absolute atomic E-state index is 0.434. The summed E-state index contributed by atoms with van der Waals surface area (Å²) in [4.78, 5) is 0. The topological polar surface area (TPSA) is 13.1 Å². The number of benzene rings is 3. The van der Waals surface area contributed by atoms with Crippen molar-refractivity contribution in [3.8, 4) is 0 Å². The average Bonchev–Trinajstić information content (AvgIpc) is 2.82. The molecule has 0 unspecified atom stereocenters. The minimum atomic E-state index is 0.434. The van der Waals surface area contributed by atoms with E-state index >= 15 is 0 Å². The van der Waals surface area contributed by atoms with Gasteiger partial charge in [-0.15, -0.1) is 0 Å². The van der Waals surface area contributed by atoms with E-state index in [1.54, 1.807) is 0 Å². The lowest BCUT2D eigenvalue weighted by molar-refractivity contribution is 0.658. The highest BCUT2D eigenvalue weighted by Gasteiger charge is 2.16. The van der Waals surface area contributed by atoms with Crippen molar-refractivity contribution >= 4 is 32.7 Å². The van der Waals surface area contributed by atoms with Crippen molar-refractivity contribution < 1.29 is 4.42 Å². The van der Waals surface area contributed by atoms with E-state index in [1.807, 2.05) is 12.1 Å². The van der Waals surface area contributed by atoms with Crippen LogP contribution in [0.3, 0.4) is 0 Å².